The summed E-state index contributed by atoms with van der Waals surface area (Å²) in [5.74, 6) is 1.34. The number of nitrogens with zero attached hydrogens (tertiary/aromatic N) is 2. The van der Waals surface area contributed by atoms with Crippen LogP contribution in [0, 0.1) is 5.92 Å². The summed E-state index contributed by atoms with van der Waals surface area (Å²) in [5, 5.41) is 3.32. The summed E-state index contributed by atoms with van der Waals surface area (Å²) in [6.45, 7) is 7.13. The van der Waals surface area contributed by atoms with E-state index in [9.17, 15) is 4.79 Å². The molecule has 3 rings (SSSR count). The van der Waals surface area contributed by atoms with Gasteiger partial charge in [0, 0.05) is 32.2 Å². The van der Waals surface area contributed by atoms with Crippen LogP contribution in [0.3, 0.4) is 0 Å². The lowest BCUT2D eigenvalue weighted by Crippen LogP contribution is -2.53. The van der Waals surface area contributed by atoms with Crippen LogP contribution in [0.4, 0.5) is 0 Å². The summed E-state index contributed by atoms with van der Waals surface area (Å²) >= 11 is 0. The predicted molar refractivity (Wildman–Crippen MR) is 76.0 cm³/mol. The van der Waals surface area contributed by atoms with Gasteiger partial charge in [0.1, 0.15) is 0 Å². The van der Waals surface area contributed by atoms with Crippen LogP contribution >= 0.6 is 0 Å². The molecule has 2 unspecified atom stereocenters. The number of carbonyl (C=O) groups is 1. The van der Waals surface area contributed by atoms with E-state index in [0.29, 0.717) is 11.9 Å². The van der Waals surface area contributed by atoms with E-state index in [1.54, 1.807) is 0 Å². The van der Waals surface area contributed by atoms with Crippen LogP contribution < -0.4 is 5.32 Å². The van der Waals surface area contributed by atoms with Crippen LogP contribution in [0.15, 0.2) is 0 Å². The molecule has 1 N–H and O–H groups in total. The van der Waals surface area contributed by atoms with Crippen molar-refractivity contribution in [1.82, 2.24) is 15.1 Å². The molecule has 108 valence electrons. The Bertz CT molecular complexity index is 323. The third kappa shape index (κ3) is 3.11. The van der Waals surface area contributed by atoms with Crippen molar-refractivity contribution in [2.75, 3.05) is 32.7 Å². The third-order valence-electron chi connectivity index (χ3n) is 4.95. The quantitative estimate of drug-likeness (QED) is 0.826. The first-order valence-electron chi connectivity index (χ1n) is 8.01. The number of rotatable bonds is 4. The van der Waals surface area contributed by atoms with Crippen LogP contribution in [0.2, 0.25) is 0 Å². The van der Waals surface area contributed by atoms with Crippen molar-refractivity contribution in [3.05, 3.63) is 0 Å². The van der Waals surface area contributed by atoms with Crippen molar-refractivity contribution in [2.45, 2.75) is 51.1 Å². The molecule has 0 bridgehead atoms. The average molecular weight is 265 g/mol. The van der Waals surface area contributed by atoms with Gasteiger partial charge in [0.15, 0.2) is 0 Å². The van der Waals surface area contributed by atoms with Crippen molar-refractivity contribution in [2.24, 2.45) is 5.92 Å². The monoisotopic (exact) mass is 265 g/mol. The van der Waals surface area contributed by atoms with Crippen molar-refractivity contribution in [1.29, 1.82) is 0 Å². The summed E-state index contributed by atoms with van der Waals surface area (Å²) in [4.78, 5) is 17.2. The Morgan fingerprint density at radius 1 is 1.21 bits per heavy atom. The minimum atomic E-state index is 0.173. The molecule has 4 nitrogen and oxygen atoms in total. The molecular formula is C15H27N3O. The molecule has 19 heavy (non-hydrogen) atoms. The van der Waals surface area contributed by atoms with E-state index in [1.807, 2.05) is 0 Å². The zero-order chi connectivity index (χ0) is 13.2. The smallest absolute Gasteiger partial charge is 0.240 e. The molecular weight excluding hydrogens is 238 g/mol. The third-order valence-corrected chi connectivity index (χ3v) is 4.95. The number of piperazine rings is 1. The summed E-state index contributed by atoms with van der Waals surface area (Å²) in [7, 11) is 0. The zero-order valence-electron chi connectivity index (χ0n) is 12.1. The SMILES string of the molecule is CC(CC1CC1)N1CCCC1C(=O)N1CCNCC1. The highest BCUT2D eigenvalue weighted by atomic mass is 16.2. The molecule has 0 aromatic rings. The summed E-state index contributed by atoms with van der Waals surface area (Å²) in [6.07, 6.45) is 6.38. The lowest BCUT2D eigenvalue weighted by Gasteiger charge is -2.35. The number of hydrogen-bond donors (Lipinski definition) is 1. The predicted octanol–water partition coefficient (Wildman–Crippen LogP) is 1.07. The number of hydrogen-bond acceptors (Lipinski definition) is 3. The number of nitrogens with one attached hydrogen (secondary N) is 1. The van der Waals surface area contributed by atoms with Gasteiger partial charge in [-0.1, -0.05) is 12.8 Å². The van der Waals surface area contributed by atoms with Crippen LogP contribution in [0.1, 0.15) is 39.0 Å². The number of carbonyl (C=O) groups excluding carboxylic acids is 1. The normalized spacial score (nSPS) is 30.6. The molecule has 3 aliphatic rings. The van der Waals surface area contributed by atoms with E-state index in [-0.39, 0.29) is 6.04 Å². The molecule has 1 aliphatic carbocycles. The maximum atomic E-state index is 12.7. The maximum Gasteiger partial charge on any atom is 0.240 e. The largest absolute Gasteiger partial charge is 0.339 e. The maximum absolute atomic E-state index is 12.7. The average Bonchev–Trinajstić information content (AvgIpc) is 3.11. The Morgan fingerprint density at radius 2 is 1.95 bits per heavy atom. The molecule has 4 heteroatoms. The first-order valence-corrected chi connectivity index (χ1v) is 8.01. The minimum absolute atomic E-state index is 0.173. The Labute approximate surface area is 116 Å². The van der Waals surface area contributed by atoms with E-state index < -0.39 is 0 Å². The highest BCUT2D eigenvalue weighted by Gasteiger charge is 2.37. The lowest BCUT2D eigenvalue weighted by molar-refractivity contribution is -0.137. The van der Waals surface area contributed by atoms with Gasteiger partial charge < -0.3 is 10.2 Å². The standard InChI is InChI=1S/C15H27N3O/c1-12(11-13-4-5-13)18-8-2-3-14(18)15(19)17-9-6-16-7-10-17/h12-14,16H,2-11H2,1H3. The minimum Gasteiger partial charge on any atom is -0.339 e. The van der Waals surface area contributed by atoms with Crippen LogP contribution in [-0.2, 0) is 4.79 Å². The topological polar surface area (TPSA) is 35.6 Å². The molecule has 1 saturated carbocycles. The van der Waals surface area contributed by atoms with Crippen LogP contribution in [-0.4, -0.2) is 60.5 Å². The number of amides is 1. The van der Waals surface area contributed by atoms with Gasteiger partial charge >= 0.3 is 0 Å². The van der Waals surface area contributed by atoms with Gasteiger partial charge in [-0.25, -0.2) is 0 Å². The Kier molecular flexibility index (Phi) is 4.08. The molecule has 0 spiro atoms. The molecule has 0 radical (unpaired) electrons. The zero-order valence-corrected chi connectivity index (χ0v) is 12.1. The fourth-order valence-corrected chi connectivity index (χ4v) is 3.65. The molecule has 0 aromatic carbocycles. The van der Waals surface area contributed by atoms with Crippen molar-refractivity contribution >= 4 is 5.91 Å². The molecule has 2 aliphatic heterocycles. The Morgan fingerprint density at radius 3 is 2.63 bits per heavy atom. The summed E-state index contributed by atoms with van der Waals surface area (Å²) in [6, 6.07) is 0.763. The Balaban J connectivity index is 1.59. The summed E-state index contributed by atoms with van der Waals surface area (Å²) in [5.41, 5.74) is 0. The molecule has 2 saturated heterocycles. The van der Waals surface area contributed by atoms with Crippen LogP contribution in [0.5, 0.6) is 0 Å². The van der Waals surface area contributed by atoms with Gasteiger partial charge in [-0.2, -0.15) is 0 Å². The first kappa shape index (κ1) is 13.4. The van der Waals surface area contributed by atoms with Crippen molar-refractivity contribution in [3.8, 4) is 0 Å². The van der Waals surface area contributed by atoms with E-state index in [0.717, 1.165) is 45.1 Å². The molecule has 3 fully saturated rings. The molecule has 2 atom stereocenters. The van der Waals surface area contributed by atoms with Gasteiger partial charge in [0.25, 0.3) is 0 Å². The van der Waals surface area contributed by atoms with Gasteiger partial charge in [-0.15, -0.1) is 0 Å². The number of likely N-dealkylation sites (tertiary alicyclic amines) is 1. The molecule has 2 heterocycles. The molecule has 0 aromatic heterocycles. The van der Waals surface area contributed by atoms with Gasteiger partial charge in [0.05, 0.1) is 6.04 Å². The fourth-order valence-electron chi connectivity index (χ4n) is 3.65. The second kappa shape index (κ2) is 5.80. The van der Waals surface area contributed by atoms with Crippen LogP contribution in [0.25, 0.3) is 0 Å². The van der Waals surface area contributed by atoms with Gasteiger partial charge in [-0.3, -0.25) is 9.69 Å². The fraction of sp³-hybridized carbons (Fsp3) is 0.933. The highest BCUT2D eigenvalue weighted by molar-refractivity contribution is 5.82. The van der Waals surface area contributed by atoms with Gasteiger partial charge in [-0.05, 0) is 38.6 Å². The van der Waals surface area contributed by atoms with Crippen molar-refractivity contribution < 1.29 is 4.79 Å². The second-order valence-electron chi connectivity index (χ2n) is 6.50. The van der Waals surface area contributed by atoms with Gasteiger partial charge in [0.2, 0.25) is 5.91 Å². The van der Waals surface area contributed by atoms with E-state index in [1.165, 1.54) is 25.7 Å². The molecule has 1 amide bonds. The first-order chi connectivity index (χ1) is 9.25. The van der Waals surface area contributed by atoms with E-state index >= 15 is 0 Å². The van der Waals surface area contributed by atoms with E-state index in [4.69, 9.17) is 0 Å². The summed E-state index contributed by atoms with van der Waals surface area (Å²) < 4.78 is 0. The lowest BCUT2D eigenvalue weighted by atomic mass is 10.1. The Hall–Kier alpha value is -0.610. The van der Waals surface area contributed by atoms with E-state index in [2.05, 4.69) is 22.0 Å². The van der Waals surface area contributed by atoms with Crippen molar-refractivity contribution in [3.63, 3.8) is 0 Å². The highest BCUT2D eigenvalue weighted by Crippen LogP contribution is 2.36. The second-order valence-corrected chi connectivity index (χ2v) is 6.50.